The zero-order valence-corrected chi connectivity index (χ0v) is 24.2. The van der Waals surface area contributed by atoms with Gasteiger partial charge in [-0.15, -0.1) is 0 Å². The molecule has 1 saturated heterocycles. The number of ketones is 1. The molecule has 212 valence electrons. The van der Waals surface area contributed by atoms with Crippen LogP contribution in [0, 0.1) is 6.92 Å². The SMILES string of the molecule is C=CCOC(=O)c1sc(N2C(=O)C(=O)/C(=C(\O)c3ccc4c(c3)OCCO4)C2c2cc(Br)c(O)c(OC)c2)nc1C. The summed E-state index contributed by atoms with van der Waals surface area (Å²) in [4.78, 5) is 45.4. The second-order valence-corrected chi connectivity index (χ2v) is 10.7. The number of Topliss-reactive ketones (excluding diaryl/α,β-unsaturated/α-hetero) is 1. The fraction of sp³-hybridized carbons (Fsp3) is 0.214. The van der Waals surface area contributed by atoms with Crippen LogP contribution in [0.25, 0.3) is 5.76 Å². The van der Waals surface area contributed by atoms with Crippen LogP contribution in [0.15, 0.2) is 53.0 Å². The number of phenols is 1. The fourth-order valence-electron chi connectivity index (χ4n) is 4.47. The number of hydrogen-bond acceptors (Lipinski definition) is 11. The Kier molecular flexibility index (Phi) is 7.74. The van der Waals surface area contributed by atoms with Crippen LogP contribution in [0.4, 0.5) is 5.13 Å². The van der Waals surface area contributed by atoms with Gasteiger partial charge in [-0.2, -0.15) is 0 Å². The number of thiazole rings is 1. The Morgan fingerprint density at radius 1 is 1.24 bits per heavy atom. The number of aliphatic hydroxyl groups is 1. The van der Waals surface area contributed by atoms with Crippen molar-refractivity contribution in [3.05, 3.63) is 74.7 Å². The Balaban J connectivity index is 1.70. The normalized spacial score (nSPS) is 17.4. The van der Waals surface area contributed by atoms with Gasteiger partial charge in [0.15, 0.2) is 28.1 Å². The highest BCUT2D eigenvalue weighted by Crippen LogP contribution is 2.47. The van der Waals surface area contributed by atoms with Crippen LogP contribution in [-0.4, -0.2) is 59.8 Å². The molecular weight excluding hydrogens is 620 g/mol. The first-order valence-corrected chi connectivity index (χ1v) is 13.8. The number of aryl methyl sites for hydroxylation is 1. The smallest absolute Gasteiger partial charge is 0.350 e. The molecule has 41 heavy (non-hydrogen) atoms. The molecule has 5 rings (SSSR count). The standard InChI is InChI=1S/C28H23BrN2O9S/c1-4-7-40-27(36)25-13(2)30-28(41-25)31-21(15-10-16(29)23(33)19(12-15)37-3)20(24(34)26(31)35)22(32)14-5-6-17-18(11-14)39-9-8-38-17/h4-6,10-12,21,32-33H,1,7-9H2,2-3H3/b22-20-. The maximum absolute atomic E-state index is 13.6. The van der Waals surface area contributed by atoms with Gasteiger partial charge in [-0.25, -0.2) is 9.78 Å². The number of phenolic OH excluding ortho intramolecular Hbond substituents is 1. The minimum atomic E-state index is -1.21. The Morgan fingerprint density at radius 3 is 2.68 bits per heavy atom. The summed E-state index contributed by atoms with van der Waals surface area (Å²) in [5.74, 6) is -2.36. The number of aromatic nitrogens is 1. The summed E-state index contributed by atoms with van der Waals surface area (Å²) in [6, 6.07) is 6.39. The van der Waals surface area contributed by atoms with Crippen molar-refractivity contribution in [1.82, 2.24) is 4.98 Å². The molecule has 2 aromatic carbocycles. The van der Waals surface area contributed by atoms with E-state index in [0.717, 1.165) is 16.2 Å². The van der Waals surface area contributed by atoms with Gasteiger partial charge in [-0.3, -0.25) is 14.5 Å². The molecule has 3 aromatic rings. The van der Waals surface area contributed by atoms with Crippen LogP contribution >= 0.6 is 27.3 Å². The predicted molar refractivity (Wildman–Crippen MR) is 152 cm³/mol. The summed E-state index contributed by atoms with van der Waals surface area (Å²) in [6.45, 7) is 5.76. The molecule has 3 heterocycles. The monoisotopic (exact) mass is 642 g/mol. The Morgan fingerprint density at radius 2 is 1.98 bits per heavy atom. The third-order valence-corrected chi connectivity index (χ3v) is 8.10. The topological polar surface area (TPSA) is 145 Å². The molecule has 0 bridgehead atoms. The molecule has 0 spiro atoms. The number of fused-ring (bicyclic) bond motifs is 1. The van der Waals surface area contributed by atoms with E-state index in [2.05, 4.69) is 27.5 Å². The molecular formula is C28H23BrN2O9S. The maximum atomic E-state index is 13.6. The van der Waals surface area contributed by atoms with Crippen LogP contribution in [-0.2, 0) is 14.3 Å². The van der Waals surface area contributed by atoms with Crippen molar-refractivity contribution in [1.29, 1.82) is 0 Å². The molecule has 1 fully saturated rings. The van der Waals surface area contributed by atoms with Crippen LogP contribution < -0.4 is 19.1 Å². The molecule has 1 amide bonds. The molecule has 2 N–H and O–H groups in total. The molecule has 13 heteroatoms. The van der Waals surface area contributed by atoms with Crippen molar-refractivity contribution in [3.63, 3.8) is 0 Å². The van der Waals surface area contributed by atoms with E-state index in [9.17, 15) is 24.6 Å². The van der Waals surface area contributed by atoms with Crippen molar-refractivity contribution in [3.8, 4) is 23.0 Å². The molecule has 11 nitrogen and oxygen atoms in total. The zero-order valence-electron chi connectivity index (χ0n) is 21.8. The second kappa shape index (κ2) is 11.3. The van der Waals surface area contributed by atoms with E-state index >= 15 is 0 Å². The molecule has 1 aromatic heterocycles. The van der Waals surface area contributed by atoms with Crippen molar-refractivity contribution in [2.24, 2.45) is 0 Å². The quantitative estimate of drug-likeness (QED) is 0.123. The lowest BCUT2D eigenvalue weighted by atomic mass is 9.95. The average Bonchev–Trinajstić information content (AvgIpc) is 3.48. The van der Waals surface area contributed by atoms with Crippen molar-refractivity contribution >= 4 is 55.8 Å². The van der Waals surface area contributed by atoms with Crippen molar-refractivity contribution in [2.45, 2.75) is 13.0 Å². The molecule has 1 atom stereocenters. The molecule has 2 aliphatic rings. The van der Waals surface area contributed by atoms with E-state index in [1.54, 1.807) is 19.1 Å². The fourth-order valence-corrected chi connectivity index (χ4v) is 5.92. The number of hydrogen-bond donors (Lipinski definition) is 2. The van der Waals surface area contributed by atoms with Crippen LogP contribution in [0.1, 0.15) is 32.5 Å². The number of rotatable bonds is 7. The van der Waals surface area contributed by atoms with Crippen LogP contribution in [0.5, 0.6) is 23.0 Å². The van der Waals surface area contributed by atoms with Crippen molar-refractivity contribution in [2.75, 3.05) is 31.8 Å². The van der Waals surface area contributed by atoms with E-state index in [-0.39, 0.29) is 49.4 Å². The second-order valence-electron chi connectivity index (χ2n) is 8.88. The van der Waals surface area contributed by atoms with Gasteiger partial charge in [-0.05, 0) is 58.7 Å². The average molecular weight is 643 g/mol. The van der Waals surface area contributed by atoms with E-state index in [1.807, 2.05) is 0 Å². The van der Waals surface area contributed by atoms with Crippen molar-refractivity contribution < 1.29 is 43.5 Å². The lowest BCUT2D eigenvalue weighted by Gasteiger charge is -2.24. The van der Waals surface area contributed by atoms with Crippen LogP contribution in [0.2, 0.25) is 0 Å². The molecule has 0 radical (unpaired) electrons. The minimum absolute atomic E-state index is 0.0209. The van der Waals surface area contributed by atoms with Gasteiger partial charge < -0.3 is 29.2 Å². The molecule has 2 aliphatic heterocycles. The highest BCUT2D eigenvalue weighted by atomic mass is 79.9. The number of carbonyl (C=O) groups is 3. The van der Waals surface area contributed by atoms with Gasteiger partial charge >= 0.3 is 11.9 Å². The van der Waals surface area contributed by atoms with Gasteiger partial charge in [0.1, 0.15) is 30.5 Å². The third-order valence-electron chi connectivity index (χ3n) is 6.36. The lowest BCUT2D eigenvalue weighted by molar-refractivity contribution is -0.132. The summed E-state index contributed by atoms with van der Waals surface area (Å²) < 4.78 is 21.8. The van der Waals surface area contributed by atoms with Gasteiger partial charge in [-0.1, -0.05) is 24.0 Å². The number of ether oxygens (including phenoxy) is 4. The van der Waals surface area contributed by atoms with E-state index < -0.39 is 29.5 Å². The number of methoxy groups -OCH3 is 1. The molecule has 0 saturated carbocycles. The van der Waals surface area contributed by atoms with E-state index in [4.69, 9.17) is 18.9 Å². The number of benzene rings is 2. The molecule has 0 aliphatic carbocycles. The minimum Gasteiger partial charge on any atom is -0.507 e. The van der Waals surface area contributed by atoms with Gasteiger partial charge in [0.25, 0.3) is 5.78 Å². The first-order chi connectivity index (χ1) is 19.7. The highest BCUT2D eigenvalue weighted by Gasteiger charge is 2.49. The van der Waals surface area contributed by atoms with Crippen LogP contribution in [0.3, 0.4) is 0 Å². The summed E-state index contributed by atoms with van der Waals surface area (Å²) in [7, 11) is 1.35. The van der Waals surface area contributed by atoms with E-state index in [1.165, 1.54) is 31.4 Å². The third kappa shape index (κ3) is 5.02. The maximum Gasteiger partial charge on any atom is 0.350 e. The predicted octanol–water partition coefficient (Wildman–Crippen LogP) is 4.67. The first-order valence-electron chi connectivity index (χ1n) is 12.2. The van der Waals surface area contributed by atoms with E-state index in [0.29, 0.717) is 30.3 Å². The first kappa shape index (κ1) is 28.2. The summed E-state index contributed by atoms with van der Waals surface area (Å²) in [6.07, 6.45) is 1.42. The number of aromatic hydroxyl groups is 1. The number of anilines is 1. The van der Waals surface area contributed by atoms with Gasteiger partial charge in [0, 0.05) is 5.56 Å². The highest BCUT2D eigenvalue weighted by molar-refractivity contribution is 9.10. The lowest BCUT2D eigenvalue weighted by Crippen LogP contribution is -2.29. The number of nitrogens with zero attached hydrogens (tertiary/aromatic N) is 2. The Hall–Kier alpha value is -4.36. The number of esters is 1. The summed E-state index contributed by atoms with van der Waals surface area (Å²) >= 11 is 4.15. The van der Waals surface area contributed by atoms with Gasteiger partial charge in [0.2, 0.25) is 0 Å². The number of aliphatic hydroxyl groups excluding tert-OH is 1. The largest absolute Gasteiger partial charge is 0.507 e. The Bertz CT molecular complexity index is 1630. The number of halogens is 1. The van der Waals surface area contributed by atoms with Gasteiger partial charge in [0.05, 0.1) is 28.9 Å². The summed E-state index contributed by atoms with van der Waals surface area (Å²) in [5, 5.41) is 21.9. The number of carbonyl (C=O) groups excluding carboxylic acids is 3. The summed E-state index contributed by atoms with van der Waals surface area (Å²) in [5.41, 5.74) is 0.575. The molecule has 1 unspecified atom stereocenters. The Labute approximate surface area is 246 Å². The zero-order chi connectivity index (χ0) is 29.4. The number of amides is 1.